The smallest absolute Gasteiger partial charge is 0.254 e. The predicted octanol–water partition coefficient (Wildman–Crippen LogP) is 2.88. The second-order valence-electron chi connectivity index (χ2n) is 3.87. The summed E-state index contributed by atoms with van der Waals surface area (Å²) in [4.78, 5) is 23.1. The largest absolute Gasteiger partial charge is 0.337 e. The van der Waals surface area contributed by atoms with E-state index < -0.39 is 0 Å². The average Bonchev–Trinajstić information content (AvgIpc) is 2.73. The molecule has 1 amide bonds. The van der Waals surface area contributed by atoms with Crippen LogP contribution in [0.4, 0.5) is 0 Å². The highest BCUT2D eigenvalue weighted by Gasteiger charge is 2.13. The van der Waals surface area contributed by atoms with Gasteiger partial charge in [0.1, 0.15) is 4.60 Å². The third-order valence-corrected chi connectivity index (χ3v) is 3.71. The lowest BCUT2D eigenvalue weighted by atomic mass is 10.2. The molecule has 94 valence electrons. The molecule has 0 N–H and O–H groups in total. The van der Waals surface area contributed by atoms with Crippen LogP contribution in [0.25, 0.3) is 0 Å². The highest BCUT2D eigenvalue weighted by Crippen LogP contribution is 2.16. The van der Waals surface area contributed by atoms with Gasteiger partial charge in [-0.05, 0) is 35.0 Å². The van der Waals surface area contributed by atoms with E-state index in [0.717, 1.165) is 9.88 Å². The molecule has 0 radical (unpaired) electrons. The normalized spacial score (nSPS) is 10.4. The van der Waals surface area contributed by atoms with Crippen LogP contribution in [0.15, 0.2) is 29.1 Å². The van der Waals surface area contributed by atoms with Crippen molar-refractivity contribution in [3.8, 4) is 0 Å². The molecule has 4 nitrogen and oxygen atoms in total. The van der Waals surface area contributed by atoms with Crippen LogP contribution in [0.1, 0.15) is 20.2 Å². The quantitative estimate of drug-likeness (QED) is 0.815. The Morgan fingerprint density at radius 2 is 2.28 bits per heavy atom. The van der Waals surface area contributed by atoms with Crippen LogP contribution in [0.5, 0.6) is 0 Å². The van der Waals surface area contributed by atoms with Crippen molar-refractivity contribution in [3.05, 3.63) is 44.6 Å². The second-order valence-corrected chi connectivity index (χ2v) is 6.01. The lowest BCUT2D eigenvalue weighted by molar-refractivity contribution is 0.0786. The molecular formula is C12H12BrN3OS. The fourth-order valence-corrected chi connectivity index (χ4v) is 2.75. The molecule has 0 bridgehead atoms. The van der Waals surface area contributed by atoms with Crippen LogP contribution in [0.3, 0.4) is 0 Å². The van der Waals surface area contributed by atoms with Gasteiger partial charge >= 0.3 is 0 Å². The van der Waals surface area contributed by atoms with E-state index in [9.17, 15) is 4.79 Å². The van der Waals surface area contributed by atoms with Crippen molar-refractivity contribution in [1.82, 2.24) is 14.9 Å². The Hall–Kier alpha value is -1.27. The Morgan fingerprint density at radius 3 is 2.89 bits per heavy atom. The molecule has 0 aliphatic heterocycles. The SMILES string of the molecule is Cc1ncc(CN(C)C(=O)c2ccnc(Br)c2)s1. The molecule has 0 aliphatic rings. The molecule has 0 aliphatic carbocycles. The van der Waals surface area contributed by atoms with Crippen molar-refractivity contribution in [1.29, 1.82) is 0 Å². The molecule has 0 saturated heterocycles. The number of thiazole rings is 1. The highest BCUT2D eigenvalue weighted by molar-refractivity contribution is 9.10. The molecule has 0 fully saturated rings. The first kappa shape index (κ1) is 13.2. The summed E-state index contributed by atoms with van der Waals surface area (Å²) >= 11 is 4.87. The van der Waals surface area contributed by atoms with Gasteiger partial charge in [0.05, 0.1) is 11.6 Å². The Morgan fingerprint density at radius 1 is 1.50 bits per heavy atom. The van der Waals surface area contributed by atoms with E-state index in [0.29, 0.717) is 16.7 Å². The van der Waals surface area contributed by atoms with Gasteiger partial charge in [-0.25, -0.2) is 9.97 Å². The van der Waals surface area contributed by atoms with Gasteiger partial charge in [-0.2, -0.15) is 0 Å². The van der Waals surface area contributed by atoms with E-state index in [2.05, 4.69) is 25.9 Å². The van der Waals surface area contributed by atoms with Gasteiger partial charge < -0.3 is 4.90 Å². The van der Waals surface area contributed by atoms with Crippen molar-refractivity contribution in [2.75, 3.05) is 7.05 Å². The van der Waals surface area contributed by atoms with Gasteiger partial charge in [0, 0.05) is 29.9 Å². The molecule has 0 saturated carbocycles. The van der Waals surface area contributed by atoms with Crippen LogP contribution < -0.4 is 0 Å². The van der Waals surface area contributed by atoms with Crippen LogP contribution in [0, 0.1) is 6.92 Å². The van der Waals surface area contributed by atoms with Crippen LogP contribution in [-0.2, 0) is 6.54 Å². The lowest BCUT2D eigenvalue weighted by Crippen LogP contribution is -2.25. The van der Waals surface area contributed by atoms with Crippen molar-refractivity contribution in [2.24, 2.45) is 0 Å². The summed E-state index contributed by atoms with van der Waals surface area (Å²) in [6.45, 7) is 2.53. The number of carbonyl (C=O) groups is 1. The minimum Gasteiger partial charge on any atom is -0.337 e. The fraction of sp³-hybridized carbons (Fsp3) is 0.250. The first-order valence-corrected chi connectivity index (χ1v) is 6.95. The summed E-state index contributed by atoms with van der Waals surface area (Å²) in [7, 11) is 1.78. The van der Waals surface area contributed by atoms with E-state index >= 15 is 0 Å². The Labute approximate surface area is 118 Å². The van der Waals surface area contributed by atoms with Gasteiger partial charge in [0.2, 0.25) is 0 Å². The standard InChI is InChI=1S/C12H12BrN3OS/c1-8-15-6-10(18-8)7-16(2)12(17)9-3-4-14-11(13)5-9/h3-6H,7H2,1-2H3. The van der Waals surface area contributed by atoms with Gasteiger partial charge in [0.15, 0.2) is 0 Å². The Bertz CT molecular complexity index is 570. The van der Waals surface area contributed by atoms with E-state index in [4.69, 9.17) is 0 Å². The van der Waals surface area contributed by atoms with E-state index in [1.165, 1.54) is 0 Å². The summed E-state index contributed by atoms with van der Waals surface area (Å²) in [6, 6.07) is 3.43. The molecular weight excluding hydrogens is 314 g/mol. The number of carbonyl (C=O) groups excluding carboxylic acids is 1. The number of nitrogens with zero attached hydrogens (tertiary/aromatic N) is 3. The minimum absolute atomic E-state index is 0.0239. The number of halogens is 1. The first-order chi connectivity index (χ1) is 8.56. The van der Waals surface area contributed by atoms with Crippen molar-refractivity contribution < 1.29 is 4.79 Å². The molecule has 2 aromatic rings. The molecule has 0 atom stereocenters. The third kappa shape index (κ3) is 3.14. The molecule has 0 unspecified atom stereocenters. The Kier molecular flexibility index (Phi) is 4.08. The van der Waals surface area contributed by atoms with Crippen molar-refractivity contribution in [3.63, 3.8) is 0 Å². The zero-order chi connectivity index (χ0) is 13.1. The van der Waals surface area contributed by atoms with Gasteiger partial charge in [0.25, 0.3) is 5.91 Å². The van der Waals surface area contributed by atoms with Crippen LogP contribution in [0.2, 0.25) is 0 Å². The molecule has 0 aromatic carbocycles. The third-order valence-electron chi connectivity index (χ3n) is 2.38. The highest BCUT2D eigenvalue weighted by atomic mass is 79.9. The maximum Gasteiger partial charge on any atom is 0.254 e. The predicted molar refractivity (Wildman–Crippen MR) is 74.6 cm³/mol. The summed E-state index contributed by atoms with van der Waals surface area (Å²) in [5, 5.41) is 1.01. The lowest BCUT2D eigenvalue weighted by Gasteiger charge is -2.15. The zero-order valence-corrected chi connectivity index (χ0v) is 12.5. The molecule has 18 heavy (non-hydrogen) atoms. The number of aromatic nitrogens is 2. The van der Waals surface area contributed by atoms with Gasteiger partial charge in [-0.1, -0.05) is 0 Å². The molecule has 0 spiro atoms. The average molecular weight is 326 g/mol. The van der Waals surface area contributed by atoms with Crippen molar-refractivity contribution >= 4 is 33.2 Å². The maximum atomic E-state index is 12.2. The Balaban J connectivity index is 2.09. The number of hydrogen-bond acceptors (Lipinski definition) is 4. The summed E-state index contributed by atoms with van der Waals surface area (Å²) in [5.41, 5.74) is 0.626. The summed E-state index contributed by atoms with van der Waals surface area (Å²) in [5.74, 6) is -0.0239. The molecule has 2 heterocycles. The number of rotatable bonds is 3. The first-order valence-electron chi connectivity index (χ1n) is 5.34. The second kappa shape index (κ2) is 5.58. The minimum atomic E-state index is -0.0239. The topological polar surface area (TPSA) is 46.1 Å². The van der Waals surface area contributed by atoms with E-state index in [-0.39, 0.29) is 5.91 Å². The van der Waals surface area contributed by atoms with Crippen LogP contribution >= 0.6 is 27.3 Å². The fourth-order valence-electron chi connectivity index (χ4n) is 1.54. The van der Waals surface area contributed by atoms with Gasteiger partial charge in [-0.3, -0.25) is 4.79 Å². The number of hydrogen-bond donors (Lipinski definition) is 0. The summed E-state index contributed by atoms with van der Waals surface area (Å²) in [6.07, 6.45) is 3.42. The van der Waals surface area contributed by atoms with Crippen LogP contribution in [-0.4, -0.2) is 27.8 Å². The molecule has 2 aromatic heterocycles. The maximum absolute atomic E-state index is 12.2. The van der Waals surface area contributed by atoms with E-state index in [1.807, 2.05) is 13.1 Å². The number of amides is 1. The van der Waals surface area contributed by atoms with Gasteiger partial charge in [-0.15, -0.1) is 11.3 Å². The molecule has 6 heteroatoms. The number of pyridine rings is 1. The summed E-state index contributed by atoms with van der Waals surface area (Å²) < 4.78 is 0.662. The monoisotopic (exact) mass is 325 g/mol. The van der Waals surface area contributed by atoms with Crippen molar-refractivity contribution in [2.45, 2.75) is 13.5 Å². The number of aryl methyl sites for hydroxylation is 1. The molecule has 2 rings (SSSR count). The zero-order valence-electron chi connectivity index (χ0n) is 10.1. The van der Waals surface area contributed by atoms with E-state index in [1.54, 1.807) is 41.6 Å².